The molecule has 2 atom stereocenters. The van der Waals surface area contributed by atoms with Crippen LogP contribution < -0.4 is 14.8 Å². The lowest BCUT2D eigenvalue weighted by molar-refractivity contribution is -0.275. The van der Waals surface area contributed by atoms with Gasteiger partial charge in [-0.25, -0.2) is 9.59 Å². The smallest absolute Gasteiger partial charge is 0.485 e. The van der Waals surface area contributed by atoms with Crippen molar-refractivity contribution in [2.45, 2.75) is 58.1 Å². The number of esters is 1. The summed E-state index contributed by atoms with van der Waals surface area (Å²) in [5.41, 5.74) is 1.20. The van der Waals surface area contributed by atoms with Gasteiger partial charge in [0.25, 0.3) is 0 Å². The molecule has 210 valence electrons. The van der Waals surface area contributed by atoms with Crippen LogP contribution >= 0.6 is 0 Å². The molecule has 11 heteroatoms. The Hall–Kier alpha value is -3.73. The number of carbonyl (C=O) groups is 2. The normalized spacial score (nSPS) is 18.1. The van der Waals surface area contributed by atoms with Gasteiger partial charge in [0.2, 0.25) is 0 Å². The number of carbonyl (C=O) groups excluding carboxylic acids is 2. The van der Waals surface area contributed by atoms with Crippen LogP contribution in [0, 0.1) is 6.92 Å². The van der Waals surface area contributed by atoms with E-state index in [-0.39, 0.29) is 11.7 Å². The molecule has 0 aliphatic carbocycles. The Morgan fingerprint density at radius 3 is 2.38 bits per heavy atom. The number of aromatic nitrogens is 1. The van der Waals surface area contributed by atoms with Crippen LogP contribution in [0.2, 0.25) is 0 Å². The van der Waals surface area contributed by atoms with Gasteiger partial charge in [-0.2, -0.15) is 0 Å². The maximum atomic E-state index is 13.4. The molecule has 0 amide bonds. The van der Waals surface area contributed by atoms with Crippen molar-refractivity contribution >= 4 is 23.0 Å². The summed E-state index contributed by atoms with van der Waals surface area (Å²) in [6, 6.07) is 9.56. The fourth-order valence-electron chi connectivity index (χ4n) is 4.71. The average molecular weight is 549 g/mol. The minimum atomic E-state index is -4.96. The monoisotopic (exact) mass is 548 g/mol. The highest BCUT2D eigenvalue weighted by molar-refractivity contribution is 5.97. The Morgan fingerprint density at radius 1 is 1.08 bits per heavy atom. The van der Waals surface area contributed by atoms with Crippen molar-refractivity contribution in [2.75, 3.05) is 20.2 Å². The molecule has 1 aliphatic heterocycles. The summed E-state index contributed by atoms with van der Waals surface area (Å²) >= 11 is 0. The molecular formula is C28H31F3N2O6. The maximum Gasteiger partial charge on any atom is 0.573 e. The number of alkyl halides is 3. The number of nitrogens with one attached hydrogen (secondary N) is 1. The fourth-order valence-corrected chi connectivity index (χ4v) is 4.71. The number of fused-ring (bicyclic) bond motifs is 1. The number of aryl methyl sites for hydroxylation is 1. The first-order valence-electron chi connectivity index (χ1n) is 12.5. The SMILES string of the molecule is COC(=O)c1ccc([C@@H]2CNCC[C@H]2Oc2c(OC(F)(F)F)cc(C)c3c2ccn3C(=O)OC(C)(C)C)cc1. The molecule has 1 N–H and O–H groups in total. The molecule has 0 saturated carbocycles. The Bertz CT molecular complexity index is 1360. The summed E-state index contributed by atoms with van der Waals surface area (Å²) in [7, 11) is 1.30. The van der Waals surface area contributed by atoms with Gasteiger partial charge in [0.15, 0.2) is 11.5 Å². The van der Waals surface area contributed by atoms with Crippen molar-refractivity contribution in [2.24, 2.45) is 0 Å². The number of ether oxygens (including phenoxy) is 4. The quantitative estimate of drug-likeness (QED) is 0.395. The number of piperidine rings is 1. The Labute approximate surface area is 224 Å². The van der Waals surface area contributed by atoms with Crippen molar-refractivity contribution in [1.82, 2.24) is 9.88 Å². The first kappa shape index (κ1) is 28.3. The minimum Gasteiger partial charge on any atom is -0.485 e. The highest BCUT2D eigenvalue weighted by atomic mass is 19.4. The third-order valence-corrected chi connectivity index (χ3v) is 6.34. The first-order valence-corrected chi connectivity index (χ1v) is 12.5. The third-order valence-electron chi connectivity index (χ3n) is 6.34. The number of hydrogen-bond acceptors (Lipinski definition) is 7. The predicted octanol–water partition coefficient (Wildman–Crippen LogP) is 5.94. The minimum absolute atomic E-state index is 0.113. The van der Waals surface area contributed by atoms with E-state index < -0.39 is 35.9 Å². The van der Waals surface area contributed by atoms with Gasteiger partial charge in [0.1, 0.15) is 11.7 Å². The molecule has 1 fully saturated rings. The predicted molar refractivity (Wildman–Crippen MR) is 137 cm³/mol. The number of methoxy groups -OCH3 is 1. The van der Waals surface area contributed by atoms with E-state index in [1.807, 2.05) is 0 Å². The van der Waals surface area contributed by atoms with Gasteiger partial charge in [-0.3, -0.25) is 4.57 Å². The molecule has 1 aliphatic rings. The second-order valence-electron chi connectivity index (χ2n) is 10.4. The number of halogens is 3. The van der Waals surface area contributed by atoms with Gasteiger partial charge in [-0.05, 0) is 76.1 Å². The molecule has 3 aromatic rings. The van der Waals surface area contributed by atoms with E-state index in [4.69, 9.17) is 14.2 Å². The lowest BCUT2D eigenvalue weighted by Crippen LogP contribution is -2.41. The van der Waals surface area contributed by atoms with Crippen LogP contribution in [-0.2, 0) is 9.47 Å². The first-order chi connectivity index (χ1) is 18.3. The molecule has 2 heterocycles. The number of hydrogen-bond donors (Lipinski definition) is 1. The number of rotatable bonds is 5. The van der Waals surface area contributed by atoms with Gasteiger partial charge in [0.05, 0.1) is 18.2 Å². The van der Waals surface area contributed by atoms with Gasteiger partial charge in [0, 0.05) is 24.0 Å². The lowest BCUT2D eigenvalue weighted by atomic mass is 9.88. The van der Waals surface area contributed by atoms with Crippen LogP contribution in [0.4, 0.5) is 18.0 Å². The topological polar surface area (TPSA) is 88.0 Å². The zero-order valence-corrected chi connectivity index (χ0v) is 22.3. The molecule has 1 aromatic heterocycles. The van der Waals surface area contributed by atoms with Crippen LogP contribution in [0.5, 0.6) is 11.5 Å². The molecule has 4 rings (SSSR count). The van der Waals surface area contributed by atoms with Crippen LogP contribution in [0.3, 0.4) is 0 Å². The van der Waals surface area contributed by atoms with Crippen molar-refractivity contribution in [3.63, 3.8) is 0 Å². The molecule has 0 unspecified atom stereocenters. The average Bonchev–Trinajstić information content (AvgIpc) is 3.30. The molecule has 2 aromatic carbocycles. The molecule has 39 heavy (non-hydrogen) atoms. The van der Waals surface area contributed by atoms with E-state index in [1.54, 1.807) is 52.0 Å². The highest BCUT2D eigenvalue weighted by Crippen LogP contribution is 2.43. The lowest BCUT2D eigenvalue weighted by Gasteiger charge is -2.33. The van der Waals surface area contributed by atoms with Crippen LogP contribution in [0.25, 0.3) is 10.9 Å². The number of nitrogens with zero attached hydrogens (tertiary/aromatic N) is 1. The summed E-state index contributed by atoms with van der Waals surface area (Å²) in [6.45, 7) is 7.86. The largest absolute Gasteiger partial charge is 0.573 e. The summed E-state index contributed by atoms with van der Waals surface area (Å²) < 4.78 is 62.5. The Morgan fingerprint density at radius 2 is 1.77 bits per heavy atom. The Balaban J connectivity index is 1.76. The third kappa shape index (κ3) is 6.47. The maximum absolute atomic E-state index is 13.4. The van der Waals surface area contributed by atoms with E-state index in [9.17, 15) is 22.8 Å². The summed E-state index contributed by atoms with van der Waals surface area (Å²) in [5.74, 6) is -1.32. The summed E-state index contributed by atoms with van der Waals surface area (Å²) in [5, 5.41) is 3.58. The van der Waals surface area contributed by atoms with Crippen LogP contribution in [-0.4, -0.2) is 54.9 Å². The van der Waals surface area contributed by atoms with E-state index >= 15 is 0 Å². The zero-order chi connectivity index (χ0) is 28.5. The van der Waals surface area contributed by atoms with E-state index in [0.717, 1.165) is 5.56 Å². The highest BCUT2D eigenvalue weighted by Gasteiger charge is 2.36. The summed E-state index contributed by atoms with van der Waals surface area (Å²) in [4.78, 5) is 24.7. The number of benzene rings is 2. The van der Waals surface area contributed by atoms with Crippen molar-refractivity contribution in [3.8, 4) is 11.5 Å². The Kier molecular flexibility index (Phi) is 7.83. The standard InChI is InChI=1S/C28H31F3N2O6/c1-16-14-22(38-28(29,30)31)24(19-11-13-33(23(16)19)26(35)39-27(2,3)4)37-21-10-12-32-15-20(21)17-6-8-18(9-7-17)25(34)36-5/h6-9,11,13-14,20-21,32H,10,12,15H2,1-5H3/t20-,21+/m0/s1. The van der Waals surface area contributed by atoms with Crippen LogP contribution in [0.15, 0.2) is 42.6 Å². The molecule has 1 saturated heterocycles. The summed E-state index contributed by atoms with van der Waals surface area (Å²) in [6.07, 6.45) is -4.20. The van der Waals surface area contributed by atoms with Crippen LogP contribution in [0.1, 0.15) is 54.6 Å². The van der Waals surface area contributed by atoms with E-state index in [1.165, 1.54) is 30.0 Å². The molecule has 0 radical (unpaired) electrons. The molecular weight excluding hydrogens is 517 g/mol. The second kappa shape index (κ2) is 10.8. The van der Waals surface area contributed by atoms with Gasteiger partial charge >= 0.3 is 18.4 Å². The van der Waals surface area contributed by atoms with Gasteiger partial charge in [-0.15, -0.1) is 13.2 Å². The van der Waals surface area contributed by atoms with Crippen molar-refractivity contribution < 1.29 is 41.7 Å². The van der Waals surface area contributed by atoms with Gasteiger partial charge in [-0.1, -0.05) is 12.1 Å². The van der Waals surface area contributed by atoms with Crippen molar-refractivity contribution in [3.05, 3.63) is 59.3 Å². The van der Waals surface area contributed by atoms with E-state index in [2.05, 4.69) is 10.1 Å². The second-order valence-corrected chi connectivity index (χ2v) is 10.4. The van der Waals surface area contributed by atoms with E-state index in [0.29, 0.717) is 41.5 Å². The molecule has 0 bridgehead atoms. The molecule has 0 spiro atoms. The van der Waals surface area contributed by atoms with Crippen molar-refractivity contribution in [1.29, 1.82) is 0 Å². The zero-order valence-electron chi connectivity index (χ0n) is 22.3. The molecule has 8 nitrogen and oxygen atoms in total. The fraction of sp³-hybridized carbons (Fsp3) is 0.429. The van der Waals surface area contributed by atoms with Gasteiger partial charge < -0.3 is 24.3 Å².